The summed E-state index contributed by atoms with van der Waals surface area (Å²) in [6.07, 6.45) is 1.25. The Morgan fingerprint density at radius 1 is 1.17 bits per heavy atom. The van der Waals surface area contributed by atoms with E-state index in [1.807, 2.05) is 0 Å². The Morgan fingerprint density at radius 2 is 1.86 bits per heavy atom. The lowest BCUT2D eigenvalue weighted by Crippen LogP contribution is -2.24. The van der Waals surface area contributed by atoms with Gasteiger partial charge in [-0.3, -0.25) is 9.59 Å². The van der Waals surface area contributed by atoms with E-state index in [0.29, 0.717) is 6.07 Å². The summed E-state index contributed by atoms with van der Waals surface area (Å²) >= 11 is 0. The lowest BCUT2D eigenvalue weighted by Gasteiger charge is -2.14. The number of benzene rings is 1. The van der Waals surface area contributed by atoms with Gasteiger partial charge in [-0.2, -0.15) is 13.2 Å². The number of hydrogen-bond acceptors (Lipinski definition) is 6. The average Bonchev–Trinajstić information content (AvgIpc) is 2.66. The second kappa shape index (κ2) is 8.66. The van der Waals surface area contributed by atoms with Crippen LogP contribution in [0.5, 0.6) is 5.75 Å². The number of anilines is 1. The molecule has 0 fully saturated rings. The van der Waals surface area contributed by atoms with Gasteiger partial charge in [-0.15, -0.1) is 0 Å². The molecule has 1 amide bonds. The molecule has 1 heterocycles. The van der Waals surface area contributed by atoms with Gasteiger partial charge in [0.05, 0.1) is 29.9 Å². The fourth-order valence-corrected chi connectivity index (χ4v) is 3.10. The summed E-state index contributed by atoms with van der Waals surface area (Å²) in [4.78, 5) is 23.2. The monoisotopic (exact) mass is 434 g/mol. The minimum Gasteiger partial charge on any atom is -0.495 e. The van der Waals surface area contributed by atoms with Gasteiger partial charge in [0.1, 0.15) is 5.75 Å². The number of pyridine rings is 1. The maximum atomic E-state index is 12.8. The zero-order valence-electron chi connectivity index (χ0n) is 15.3. The van der Waals surface area contributed by atoms with Crippen LogP contribution >= 0.6 is 0 Å². The number of halogens is 3. The number of methoxy groups -OCH3 is 2. The molecular formula is C17H17F3N2O6S. The molecule has 1 aromatic carbocycles. The molecule has 0 spiro atoms. The van der Waals surface area contributed by atoms with E-state index in [0.717, 1.165) is 18.2 Å². The minimum absolute atomic E-state index is 0.0202. The number of aromatic nitrogens is 1. The van der Waals surface area contributed by atoms with Crippen molar-refractivity contribution in [1.82, 2.24) is 4.57 Å². The van der Waals surface area contributed by atoms with Crippen molar-refractivity contribution in [2.24, 2.45) is 0 Å². The number of sulfone groups is 1. The lowest BCUT2D eigenvalue weighted by molar-refractivity contribution is -0.0436. The minimum atomic E-state index is -5.61. The van der Waals surface area contributed by atoms with Crippen molar-refractivity contribution in [2.45, 2.75) is 16.9 Å². The molecule has 0 saturated heterocycles. The van der Waals surface area contributed by atoms with Gasteiger partial charge in [-0.05, 0) is 24.3 Å². The molecule has 0 saturated carbocycles. The number of amides is 1. The van der Waals surface area contributed by atoms with Crippen LogP contribution in [0, 0.1) is 0 Å². The van der Waals surface area contributed by atoms with E-state index in [1.54, 1.807) is 0 Å². The highest BCUT2D eigenvalue weighted by Crippen LogP contribution is 2.34. The zero-order chi connectivity index (χ0) is 21.8. The summed E-state index contributed by atoms with van der Waals surface area (Å²) in [6, 6.07) is 4.74. The van der Waals surface area contributed by atoms with Crippen molar-refractivity contribution in [3.8, 4) is 5.75 Å². The summed E-state index contributed by atoms with van der Waals surface area (Å²) in [5, 5.41) is 2.30. The van der Waals surface area contributed by atoms with Crippen LogP contribution in [0.15, 0.2) is 46.2 Å². The summed E-state index contributed by atoms with van der Waals surface area (Å²) < 4.78 is 72.7. The predicted octanol–water partition coefficient (Wildman–Crippen LogP) is 2.05. The molecule has 0 bridgehead atoms. The van der Waals surface area contributed by atoms with Crippen LogP contribution in [0.3, 0.4) is 0 Å². The van der Waals surface area contributed by atoms with Crippen molar-refractivity contribution < 1.29 is 35.9 Å². The summed E-state index contributed by atoms with van der Waals surface area (Å²) in [7, 11) is -2.97. The van der Waals surface area contributed by atoms with Crippen LogP contribution in [0.4, 0.5) is 18.9 Å². The molecule has 0 atom stereocenters. The Bertz CT molecular complexity index is 1060. The van der Waals surface area contributed by atoms with Gasteiger partial charge >= 0.3 is 5.51 Å². The average molecular weight is 434 g/mol. The number of carbonyl (C=O) groups excluding carboxylic acids is 1. The van der Waals surface area contributed by atoms with Crippen molar-refractivity contribution >= 4 is 21.4 Å². The number of alkyl halides is 3. The number of rotatable bonds is 7. The number of nitrogens with one attached hydrogen (secondary N) is 1. The standard InChI is InChI=1S/C17H17F3N2O6S/c1-27-8-7-22-10-11(3-6-15(22)23)16(24)21-13-9-12(4-5-14(13)28-2)29(25,26)17(18,19)20/h3-6,9-10H,7-8H2,1-2H3,(H,21,24). The predicted molar refractivity (Wildman–Crippen MR) is 96.8 cm³/mol. The van der Waals surface area contributed by atoms with Gasteiger partial charge < -0.3 is 19.4 Å². The van der Waals surface area contributed by atoms with E-state index in [-0.39, 0.29) is 35.7 Å². The first-order valence-corrected chi connectivity index (χ1v) is 9.49. The second-order valence-electron chi connectivity index (χ2n) is 5.71. The molecule has 8 nitrogen and oxygen atoms in total. The highest BCUT2D eigenvalue weighted by molar-refractivity contribution is 7.92. The molecule has 12 heteroatoms. The number of nitrogens with zero attached hydrogens (tertiary/aromatic N) is 1. The highest BCUT2D eigenvalue weighted by Gasteiger charge is 2.47. The van der Waals surface area contributed by atoms with Gasteiger partial charge in [-0.1, -0.05) is 0 Å². The Balaban J connectivity index is 2.39. The topological polar surface area (TPSA) is 104 Å². The molecule has 0 aliphatic carbocycles. The molecule has 1 aromatic heterocycles. The SMILES string of the molecule is COCCn1cc(C(=O)Nc2cc(S(=O)(=O)C(F)(F)F)ccc2OC)ccc1=O. The first-order valence-electron chi connectivity index (χ1n) is 8.01. The number of hydrogen-bond donors (Lipinski definition) is 1. The van der Waals surface area contributed by atoms with E-state index in [9.17, 15) is 31.2 Å². The van der Waals surface area contributed by atoms with Crippen LogP contribution in [-0.2, 0) is 21.1 Å². The fraction of sp³-hybridized carbons (Fsp3) is 0.294. The van der Waals surface area contributed by atoms with Crippen molar-refractivity contribution in [3.63, 3.8) is 0 Å². The maximum Gasteiger partial charge on any atom is 0.501 e. The quantitative estimate of drug-likeness (QED) is 0.716. The molecule has 158 valence electrons. The lowest BCUT2D eigenvalue weighted by atomic mass is 10.2. The van der Waals surface area contributed by atoms with Gasteiger partial charge in [0.15, 0.2) is 0 Å². The smallest absolute Gasteiger partial charge is 0.495 e. The summed E-state index contributed by atoms with van der Waals surface area (Å²) in [5.41, 5.74) is -6.14. The van der Waals surface area contributed by atoms with Gasteiger partial charge in [0, 0.05) is 25.9 Å². The van der Waals surface area contributed by atoms with Crippen molar-refractivity contribution in [1.29, 1.82) is 0 Å². The number of carbonyl (C=O) groups is 1. The third kappa shape index (κ3) is 4.95. The summed E-state index contributed by atoms with van der Waals surface area (Å²) in [6.45, 7) is 0.398. The molecule has 0 aliphatic rings. The molecule has 0 radical (unpaired) electrons. The molecular weight excluding hydrogens is 417 g/mol. The van der Waals surface area contributed by atoms with E-state index < -0.39 is 26.1 Å². The van der Waals surface area contributed by atoms with E-state index in [4.69, 9.17) is 9.47 Å². The van der Waals surface area contributed by atoms with Crippen LogP contribution in [0.25, 0.3) is 0 Å². The molecule has 0 unspecified atom stereocenters. The normalized spacial score (nSPS) is 11.9. The fourth-order valence-electron chi connectivity index (χ4n) is 2.31. The van der Waals surface area contributed by atoms with Crippen molar-refractivity contribution in [2.75, 3.05) is 26.1 Å². The Labute approximate surface area is 163 Å². The Morgan fingerprint density at radius 3 is 2.45 bits per heavy atom. The highest BCUT2D eigenvalue weighted by atomic mass is 32.2. The van der Waals surface area contributed by atoms with Gasteiger partial charge in [-0.25, -0.2) is 8.42 Å². The second-order valence-corrected chi connectivity index (χ2v) is 7.65. The Hall–Kier alpha value is -2.86. The first kappa shape index (κ1) is 22.4. The van der Waals surface area contributed by atoms with Crippen LogP contribution in [0.1, 0.15) is 10.4 Å². The van der Waals surface area contributed by atoms with E-state index in [2.05, 4.69) is 5.32 Å². The Kier molecular flexibility index (Phi) is 6.69. The van der Waals surface area contributed by atoms with Crippen LogP contribution in [-0.4, -0.2) is 45.2 Å². The third-order valence-corrected chi connectivity index (χ3v) is 5.30. The van der Waals surface area contributed by atoms with Crippen LogP contribution in [0.2, 0.25) is 0 Å². The van der Waals surface area contributed by atoms with E-state index in [1.165, 1.54) is 31.0 Å². The van der Waals surface area contributed by atoms with E-state index >= 15 is 0 Å². The molecule has 29 heavy (non-hydrogen) atoms. The van der Waals surface area contributed by atoms with Crippen molar-refractivity contribution in [3.05, 3.63) is 52.4 Å². The molecule has 2 aromatic rings. The zero-order valence-corrected chi connectivity index (χ0v) is 16.1. The molecule has 0 aliphatic heterocycles. The van der Waals surface area contributed by atoms with Gasteiger partial charge in [0.2, 0.25) is 0 Å². The number of ether oxygens (including phenoxy) is 2. The largest absolute Gasteiger partial charge is 0.501 e. The molecule has 1 N–H and O–H groups in total. The summed E-state index contributed by atoms with van der Waals surface area (Å²) in [5.74, 6) is -0.830. The van der Waals surface area contributed by atoms with Crippen LogP contribution < -0.4 is 15.6 Å². The third-order valence-electron chi connectivity index (χ3n) is 3.82. The van der Waals surface area contributed by atoms with Gasteiger partial charge in [0.25, 0.3) is 21.3 Å². The molecule has 2 rings (SSSR count). The first-order chi connectivity index (χ1) is 13.5. The maximum absolute atomic E-state index is 12.8.